The maximum atomic E-state index is 9.70. The quantitative estimate of drug-likeness (QED) is 0.339. The number of fused-ring (bicyclic) bond motifs is 2. The lowest BCUT2D eigenvalue weighted by Crippen LogP contribution is -2.48. The standard InChI is InChI=1S/C27H32N8O3/c1-18(36)16-33-8-10-34(11-9-33)23-4-3-20(14-24(23)37-2)31-25-26-29-5-7-35(26)17-22(32-25)19-13-21-27(30-15-19)38-12-6-28-21/h3-5,7,13-15,17-18,28,36H,6,8-12,16H2,1-2H3,(H,31,32)/t18-/m0/s1. The molecule has 1 saturated heterocycles. The van der Waals surface area contributed by atoms with Crippen LogP contribution < -0.4 is 25.0 Å². The van der Waals surface area contributed by atoms with Crippen molar-refractivity contribution in [2.45, 2.75) is 13.0 Å². The molecule has 2 aliphatic rings. The molecule has 6 rings (SSSR count). The minimum Gasteiger partial charge on any atom is -0.495 e. The van der Waals surface area contributed by atoms with E-state index in [1.807, 2.05) is 41.9 Å². The molecule has 2 aliphatic heterocycles. The normalized spacial score (nSPS) is 16.4. The molecule has 198 valence electrons. The third kappa shape index (κ3) is 4.90. The lowest BCUT2D eigenvalue weighted by atomic mass is 10.2. The van der Waals surface area contributed by atoms with Crippen LogP contribution in [0.25, 0.3) is 16.9 Å². The second-order valence-corrected chi connectivity index (χ2v) is 9.63. The summed E-state index contributed by atoms with van der Waals surface area (Å²) in [5.41, 5.74) is 5.13. The van der Waals surface area contributed by atoms with Crippen LogP contribution in [-0.2, 0) is 0 Å². The molecule has 0 bridgehead atoms. The van der Waals surface area contributed by atoms with Gasteiger partial charge in [-0.1, -0.05) is 0 Å². The molecule has 4 aromatic rings. The number of rotatable bonds is 7. The van der Waals surface area contributed by atoms with Crippen molar-refractivity contribution >= 4 is 28.5 Å². The predicted molar refractivity (Wildman–Crippen MR) is 147 cm³/mol. The molecule has 1 aromatic carbocycles. The number of hydrogen-bond donors (Lipinski definition) is 3. The Labute approximate surface area is 221 Å². The van der Waals surface area contributed by atoms with Crippen LogP contribution in [-0.4, -0.2) is 88.4 Å². The molecule has 0 spiro atoms. The summed E-state index contributed by atoms with van der Waals surface area (Å²) in [6, 6.07) is 8.12. The average Bonchev–Trinajstić information content (AvgIpc) is 3.42. The van der Waals surface area contributed by atoms with Gasteiger partial charge in [-0.15, -0.1) is 0 Å². The van der Waals surface area contributed by atoms with Gasteiger partial charge >= 0.3 is 0 Å². The first kappa shape index (κ1) is 24.3. The molecule has 0 saturated carbocycles. The zero-order chi connectivity index (χ0) is 26.1. The fraction of sp³-hybridized carbons (Fsp3) is 0.370. The number of aliphatic hydroxyl groups excluding tert-OH is 1. The molecule has 0 unspecified atom stereocenters. The Balaban J connectivity index is 1.26. The molecule has 3 aromatic heterocycles. The van der Waals surface area contributed by atoms with Gasteiger partial charge in [0.2, 0.25) is 5.88 Å². The van der Waals surface area contributed by atoms with E-state index in [0.717, 1.165) is 72.4 Å². The minimum atomic E-state index is -0.315. The van der Waals surface area contributed by atoms with Crippen LogP contribution >= 0.6 is 0 Å². The van der Waals surface area contributed by atoms with Gasteiger partial charge in [0.1, 0.15) is 12.4 Å². The van der Waals surface area contributed by atoms with Crippen LogP contribution in [0.5, 0.6) is 11.6 Å². The Morgan fingerprint density at radius 2 is 2.05 bits per heavy atom. The van der Waals surface area contributed by atoms with E-state index in [-0.39, 0.29) is 6.10 Å². The highest BCUT2D eigenvalue weighted by Crippen LogP contribution is 2.34. The van der Waals surface area contributed by atoms with Crippen LogP contribution in [0.1, 0.15) is 6.92 Å². The highest BCUT2D eigenvalue weighted by molar-refractivity contribution is 5.77. The van der Waals surface area contributed by atoms with E-state index in [0.29, 0.717) is 24.8 Å². The van der Waals surface area contributed by atoms with Gasteiger partial charge in [-0.3, -0.25) is 4.90 Å². The number of nitrogens with one attached hydrogen (secondary N) is 2. The van der Waals surface area contributed by atoms with Crippen LogP contribution in [0.4, 0.5) is 22.9 Å². The topological polar surface area (TPSA) is 112 Å². The Morgan fingerprint density at radius 1 is 1.18 bits per heavy atom. The van der Waals surface area contributed by atoms with Gasteiger partial charge in [0.15, 0.2) is 11.5 Å². The Hall–Kier alpha value is -4.09. The van der Waals surface area contributed by atoms with Gasteiger partial charge in [-0.2, -0.15) is 0 Å². The maximum absolute atomic E-state index is 9.70. The van der Waals surface area contributed by atoms with Crippen molar-refractivity contribution in [3.63, 3.8) is 0 Å². The van der Waals surface area contributed by atoms with Crippen molar-refractivity contribution in [2.75, 3.05) is 68.5 Å². The Kier molecular flexibility index (Phi) is 6.61. The lowest BCUT2D eigenvalue weighted by Gasteiger charge is -2.37. The third-order valence-corrected chi connectivity index (χ3v) is 6.86. The molecular weight excluding hydrogens is 484 g/mol. The summed E-state index contributed by atoms with van der Waals surface area (Å²) in [6.45, 7) is 7.45. The number of β-amino-alcohol motifs (C(OH)–C–C–N with tert-alkyl or cyclic N) is 1. The van der Waals surface area contributed by atoms with Crippen molar-refractivity contribution in [1.82, 2.24) is 24.3 Å². The molecule has 0 amide bonds. The molecule has 11 nitrogen and oxygen atoms in total. The molecular formula is C27H32N8O3. The second kappa shape index (κ2) is 10.3. The van der Waals surface area contributed by atoms with Crippen LogP contribution in [0.3, 0.4) is 0 Å². The van der Waals surface area contributed by atoms with Crippen LogP contribution in [0.2, 0.25) is 0 Å². The maximum Gasteiger partial charge on any atom is 0.237 e. The summed E-state index contributed by atoms with van der Waals surface area (Å²) in [4.78, 5) is 18.5. The Morgan fingerprint density at radius 3 is 2.87 bits per heavy atom. The minimum absolute atomic E-state index is 0.315. The first-order chi connectivity index (χ1) is 18.6. The first-order valence-corrected chi connectivity index (χ1v) is 12.9. The molecule has 38 heavy (non-hydrogen) atoms. The van der Waals surface area contributed by atoms with Gasteiger partial charge < -0.3 is 34.5 Å². The number of aromatic nitrogens is 4. The van der Waals surface area contributed by atoms with E-state index in [9.17, 15) is 5.11 Å². The number of benzene rings is 1. The molecule has 1 atom stereocenters. The van der Waals surface area contributed by atoms with Crippen molar-refractivity contribution < 1.29 is 14.6 Å². The van der Waals surface area contributed by atoms with Gasteiger partial charge in [-0.05, 0) is 25.1 Å². The zero-order valence-corrected chi connectivity index (χ0v) is 21.6. The number of anilines is 4. The van der Waals surface area contributed by atoms with E-state index in [4.69, 9.17) is 14.5 Å². The molecule has 0 radical (unpaired) electrons. The Bertz CT molecular complexity index is 1430. The summed E-state index contributed by atoms with van der Waals surface area (Å²) < 4.78 is 13.4. The number of aliphatic hydroxyl groups is 1. The average molecular weight is 517 g/mol. The smallest absolute Gasteiger partial charge is 0.237 e. The first-order valence-electron chi connectivity index (χ1n) is 12.9. The van der Waals surface area contributed by atoms with Crippen LogP contribution in [0, 0.1) is 0 Å². The van der Waals surface area contributed by atoms with E-state index in [1.54, 1.807) is 19.5 Å². The largest absolute Gasteiger partial charge is 0.495 e. The summed E-state index contributed by atoms with van der Waals surface area (Å²) in [6.07, 6.45) is 7.07. The molecule has 11 heteroatoms. The number of nitrogens with zero attached hydrogens (tertiary/aromatic N) is 6. The number of ether oxygens (including phenoxy) is 2. The van der Waals surface area contributed by atoms with Crippen molar-refractivity contribution in [1.29, 1.82) is 0 Å². The zero-order valence-electron chi connectivity index (χ0n) is 21.6. The van der Waals surface area contributed by atoms with E-state index < -0.39 is 0 Å². The van der Waals surface area contributed by atoms with Crippen molar-refractivity contribution in [3.05, 3.63) is 49.1 Å². The predicted octanol–water partition coefficient (Wildman–Crippen LogP) is 2.85. The number of methoxy groups -OCH3 is 1. The highest BCUT2D eigenvalue weighted by atomic mass is 16.5. The molecule has 1 fully saturated rings. The number of hydrogen-bond acceptors (Lipinski definition) is 10. The van der Waals surface area contributed by atoms with Gasteiger partial charge in [-0.25, -0.2) is 15.0 Å². The third-order valence-electron chi connectivity index (χ3n) is 6.86. The van der Waals surface area contributed by atoms with Crippen molar-refractivity contribution in [2.24, 2.45) is 0 Å². The lowest BCUT2D eigenvalue weighted by molar-refractivity contribution is 0.122. The number of imidazole rings is 1. The van der Waals surface area contributed by atoms with Gasteiger partial charge in [0.25, 0.3) is 0 Å². The fourth-order valence-electron chi connectivity index (χ4n) is 5.02. The van der Waals surface area contributed by atoms with E-state index in [2.05, 4.69) is 36.5 Å². The summed E-state index contributed by atoms with van der Waals surface area (Å²) >= 11 is 0. The summed E-state index contributed by atoms with van der Waals surface area (Å²) in [5, 5.41) is 16.5. The van der Waals surface area contributed by atoms with E-state index >= 15 is 0 Å². The van der Waals surface area contributed by atoms with Gasteiger partial charge in [0, 0.05) is 81.4 Å². The molecule has 0 aliphatic carbocycles. The second-order valence-electron chi connectivity index (χ2n) is 9.63. The molecule has 3 N–H and O–H groups in total. The van der Waals surface area contributed by atoms with E-state index in [1.165, 1.54) is 0 Å². The number of pyridine rings is 1. The fourth-order valence-corrected chi connectivity index (χ4v) is 5.02. The monoisotopic (exact) mass is 516 g/mol. The highest BCUT2D eigenvalue weighted by Gasteiger charge is 2.21. The van der Waals surface area contributed by atoms with Gasteiger partial charge in [0.05, 0.1) is 30.3 Å². The number of piperazine rings is 1. The summed E-state index contributed by atoms with van der Waals surface area (Å²) in [7, 11) is 1.69. The van der Waals surface area contributed by atoms with Crippen LogP contribution in [0.15, 0.2) is 49.1 Å². The SMILES string of the molecule is COc1cc(Nc2nc(-c3cnc4c(c3)NCCO4)cn3ccnc23)ccc1N1CCN(C[C@H](C)O)CC1. The van der Waals surface area contributed by atoms with Crippen molar-refractivity contribution in [3.8, 4) is 22.9 Å². The molecule has 5 heterocycles. The summed E-state index contributed by atoms with van der Waals surface area (Å²) in [5.74, 6) is 2.04.